The van der Waals surface area contributed by atoms with Gasteiger partial charge in [-0.15, -0.1) is 0 Å². The largest absolute Gasteiger partial charge is 0.490 e. The third-order valence-electron chi connectivity index (χ3n) is 5.82. The highest BCUT2D eigenvalue weighted by Gasteiger charge is 2.43. The lowest BCUT2D eigenvalue weighted by molar-refractivity contribution is -0.192. The van der Waals surface area contributed by atoms with Gasteiger partial charge in [-0.25, -0.2) is 28.7 Å². The van der Waals surface area contributed by atoms with Crippen LogP contribution in [0.15, 0.2) is 47.7 Å². The lowest BCUT2D eigenvalue weighted by Gasteiger charge is -2.25. The molecule has 1 aromatic carbocycles. The Labute approximate surface area is 220 Å². The van der Waals surface area contributed by atoms with E-state index in [0.717, 1.165) is 17.4 Å². The Kier molecular flexibility index (Phi) is 9.41. The van der Waals surface area contributed by atoms with Crippen LogP contribution in [0, 0.1) is 0 Å². The van der Waals surface area contributed by atoms with E-state index < -0.39 is 32.6 Å². The predicted octanol–water partition coefficient (Wildman–Crippen LogP) is 1.86. The van der Waals surface area contributed by atoms with Crippen molar-refractivity contribution in [1.82, 2.24) is 20.0 Å². The summed E-state index contributed by atoms with van der Waals surface area (Å²) in [6.07, 6.45) is 0.630. The number of hydrogen-bond acceptors (Lipinski definition) is 9. The van der Waals surface area contributed by atoms with Gasteiger partial charge in [-0.2, -0.15) is 13.2 Å². The number of fused-ring (bicyclic) bond motifs is 1. The number of nitrogens with one attached hydrogen (secondary N) is 1. The van der Waals surface area contributed by atoms with Gasteiger partial charge in [0.15, 0.2) is 14.6 Å². The summed E-state index contributed by atoms with van der Waals surface area (Å²) in [6.45, 7) is 1.20. The van der Waals surface area contributed by atoms with E-state index in [9.17, 15) is 31.2 Å². The first-order valence-electron chi connectivity index (χ1n) is 11.0. The molecule has 0 saturated heterocycles. The molecule has 2 aromatic heterocycles. The standard InChI is InChI=1S/C21H25N5O5S.C2HF3O2/c1-21(19(28)24-29,32(4,30)31)8-10-26-9-7-15-11-14(5-6-17(15)18(26)27)16-12-22-20(23-13-16)25(2)3;3-2(4,5)1(6)7/h5-7,9,11-13,29H,8,10H2,1-4H3,(H,24,28);(H,6,7). The molecule has 0 saturated carbocycles. The number of carbonyl (C=O) groups is 2. The van der Waals surface area contributed by atoms with Gasteiger partial charge in [0.25, 0.3) is 11.5 Å². The van der Waals surface area contributed by atoms with Gasteiger partial charge in [0.2, 0.25) is 5.95 Å². The van der Waals surface area contributed by atoms with Crippen LogP contribution in [0.25, 0.3) is 21.9 Å². The summed E-state index contributed by atoms with van der Waals surface area (Å²) in [5.74, 6) is -3.21. The number of aliphatic carboxylic acids is 1. The van der Waals surface area contributed by atoms with E-state index in [-0.39, 0.29) is 18.5 Å². The Hall–Kier alpha value is -4.05. The van der Waals surface area contributed by atoms with Crippen molar-refractivity contribution < 1.29 is 41.5 Å². The van der Waals surface area contributed by atoms with Crippen molar-refractivity contribution >= 4 is 38.4 Å². The highest BCUT2D eigenvalue weighted by atomic mass is 32.2. The molecule has 212 valence electrons. The maximum absolute atomic E-state index is 12.9. The number of hydroxylamine groups is 1. The zero-order valence-electron chi connectivity index (χ0n) is 21.2. The van der Waals surface area contributed by atoms with E-state index in [4.69, 9.17) is 15.1 Å². The molecule has 0 aliphatic carbocycles. The van der Waals surface area contributed by atoms with Crippen LogP contribution in [0.4, 0.5) is 19.1 Å². The van der Waals surface area contributed by atoms with Crippen LogP contribution in [0.3, 0.4) is 0 Å². The van der Waals surface area contributed by atoms with Crippen molar-refractivity contribution in [3.8, 4) is 11.1 Å². The number of hydrogen-bond donors (Lipinski definition) is 3. The summed E-state index contributed by atoms with van der Waals surface area (Å²) in [6, 6.07) is 7.09. The van der Waals surface area contributed by atoms with Gasteiger partial charge in [0.1, 0.15) is 0 Å². The molecule has 0 radical (unpaired) electrons. The van der Waals surface area contributed by atoms with Crippen LogP contribution < -0.4 is 15.9 Å². The van der Waals surface area contributed by atoms with Crippen molar-refractivity contribution in [3.05, 3.63) is 53.2 Å². The number of rotatable bonds is 7. The Balaban J connectivity index is 0.000000673. The Morgan fingerprint density at radius 2 is 1.67 bits per heavy atom. The number of alkyl halides is 3. The minimum absolute atomic E-state index is 0.0205. The quantitative estimate of drug-likeness (QED) is 0.280. The average Bonchev–Trinajstić information content (AvgIpc) is 2.86. The first-order chi connectivity index (χ1) is 17.9. The highest BCUT2D eigenvalue weighted by Crippen LogP contribution is 2.24. The van der Waals surface area contributed by atoms with Crippen molar-refractivity contribution in [2.24, 2.45) is 0 Å². The number of carbonyl (C=O) groups excluding carboxylic acids is 1. The molecule has 12 nitrogen and oxygen atoms in total. The number of pyridine rings is 1. The van der Waals surface area contributed by atoms with Crippen LogP contribution in [0.5, 0.6) is 0 Å². The second-order valence-electron chi connectivity index (χ2n) is 8.78. The van der Waals surface area contributed by atoms with Crippen molar-refractivity contribution in [3.63, 3.8) is 0 Å². The van der Waals surface area contributed by atoms with E-state index in [2.05, 4.69) is 9.97 Å². The lowest BCUT2D eigenvalue weighted by Crippen LogP contribution is -2.49. The molecule has 0 spiro atoms. The van der Waals surface area contributed by atoms with Crippen LogP contribution >= 0.6 is 0 Å². The molecule has 0 fully saturated rings. The molecule has 0 aliphatic rings. The van der Waals surface area contributed by atoms with Gasteiger partial charge in [-0.1, -0.05) is 6.07 Å². The number of carboxylic acid groups (broad SMARTS) is 1. The third kappa shape index (κ3) is 7.29. The first kappa shape index (κ1) is 31.2. The molecule has 2 heterocycles. The molecule has 3 aromatic rings. The molecule has 1 amide bonds. The number of aryl methyl sites for hydroxylation is 1. The van der Waals surface area contributed by atoms with Gasteiger partial charge in [0, 0.05) is 56.4 Å². The molecule has 0 bridgehead atoms. The second-order valence-corrected chi connectivity index (χ2v) is 11.2. The van der Waals surface area contributed by atoms with Crippen LogP contribution in [0.1, 0.15) is 13.3 Å². The van der Waals surface area contributed by atoms with E-state index in [0.29, 0.717) is 16.7 Å². The van der Waals surface area contributed by atoms with Crippen LogP contribution in [-0.4, -0.2) is 76.4 Å². The minimum atomic E-state index is -5.08. The van der Waals surface area contributed by atoms with Gasteiger partial charge in [-0.05, 0) is 42.5 Å². The van der Waals surface area contributed by atoms with Gasteiger partial charge >= 0.3 is 12.1 Å². The highest BCUT2D eigenvalue weighted by molar-refractivity contribution is 7.92. The number of nitrogens with zero attached hydrogens (tertiary/aromatic N) is 4. The summed E-state index contributed by atoms with van der Waals surface area (Å²) in [5, 5.41) is 17.2. The van der Waals surface area contributed by atoms with Crippen LogP contribution in [-0.2, 0) is 26.0 Å². The number of anilines is 1. The topological polar surface area (TPSA) is 172 Å². The summed E-state index contributed by atoms with van der Waals surface area (Å²) in [5.41, 5.74) is 2.75. The van der Waals surface area contributed by atoms with E-state index >= 15 is 0 Å². The fourth-order valence-corrected chi connectivity index (χ4v) is 4.11. The SMILES string of the molecule is CN(C)c1ncc(-c2ccc3c(=O)n(CCC(C)(C(=O)NO)S(C)(=O)=O)ccc3c2)cn1.O=C(O)C(F)(F)F. The number of aromatic nitrogens is 3. The molecule has 3 rings (SSSR count). The van der Waals surface area contributed by atoms with Gasteiger partial charge < -0.3 is 14.6 Å². The number of carboxylic acids is 1. The van der Waals surface area contributed by atoms with E-state index in [1.807, 2.05) is 20.2 Å². The van der Waals surface area contributed by atoms with Crippen LogP contribution in [0.2, 0.25) is 0 Å². The molecule has 0 aliphatic heterocycles. The third-order valence-corrected chi connectivity index (χ3v) is 7.85. The van der Waals surface area contributed by atoms with Crippen molar-refractivity contribution in [1.29, 1.82) is 0 Å². The first-order valence-corrected chi connectivity index (χ1v) is 12.9. The molecule has 39 heavy (non-hydrogen) atoms. The average molecular weight is 574 g/mol. The minimum Gasteiger partial charge on any atom is -0.475 e. The monoisotopic (exact) mass is 573 g/mol. The lowest BCUT2D eigenvalue weighted by atomic mass is 10.0. The second kappa shape index (κ2) is 11.8. The Morgan fingerprint density at radius 3 is 2.13 bits per heavy atom. The maximum Gasteiger partial charge on any atom is 0.490 e. The van der Waals surface area contributed by atoms with Crippen molar-refractivity contribution in [2.75, 3.05) is 25.3 Å². The molecular weight excluding hydrogens is 547 g/mol. The molecule has 1 atom stereocenters. The number of benzene rings is 1. The molecular formula is C23H26F3N5O7S. The van der Waals surface area contributed by atoms with E-state index in [1.54, 1.807) is 41.7 Å². The summed E-state index contributed by atoms with van der Waals surface area (Å²) in [4.78, 5) is 44.2. The van der Waals surface area contributed by atoms with Gasteiger partial charge in [0.05, 0.1) is 0 Å². The fraction of sp³-hybridized carbons (Fsp3) is 0.348. The zero-order chi connectivity index (χ0) is 29.8. The normalized spacial score (nSPS) is 13.1. The fourth-order valence-electron chi connectivity index (χ4n) is 3.26. The van der Waals surface area contributed by atoms with Crippen molar-refractivity contribution in [2.45, 2.75) is 30.8 Å². The molecule has 3 N–H and O–H groups in total. The van der Waals surface area contributed by atoms with E-state index in [1.165, 1.54) is 17.0 Å². The summed E-state index contributed by atoms with van der Waals surface area (Å²) in [7, 11) is -0.144. The Bertz CT molecular complexity index is 1520. The maximum atomic E-state index is 12.9. The molecule has 16 heteroatoms. The Morgan fingerprint density at radius 1 is 1.10 bits per heavy atom. The smallest absolute Gasteiger partial charge is 0.475 e. The molecule has 1 unspecified atom stereocenters. The zero-order valence-corrected chi connectivity index (χ0v) is 22.0. The summed E-state index contributed by atoms with van der Waals surface area (Å²) >= 11 is 0. The predicted molar refractivity (Wildman–Crippen MR) is 135 cm³/mol. The number of halogens is 3. The summed E-state index contributed by atoms with van der Waals surface area (Å²) < 4.78 is 55.5. The van der Waals surface area contributed by atoms with Gasteiger partial charge in [-0.3, -0.25) is 14.8 Å². The number of amides is 1. The number of sulfone groups is 1.